The fourth-order valence-electron chi connectivity index (χ4n) is 2.00. The molecule has 1 atom stereocenters. The average molecular weight is 190 g/mol. The highest BCUT2D eigenvalue weighted by molar-refractivity contribution is 6.50. The van der Waals surface area contributed by atoms with E-state index in [-0.39, 0.29) is 18.1 Å². The standard InChI is InChI=1S/C11H10O3/c1-6-3-2-4-7-10(6)8(12)5-9(13)11(7)14/h2-3,6H,4-5H2,1H3. The minimum Gasteiger partial charge on any atom is -0.294 e. The molecule has 0 saturated carbocycles. The molecule has 0 saturated heterocycles. The Bertz CT molecular complexity index is 399. The molecule has 0 spiro atoms. The van der Waals surface area contributed by atoms with Crippen molar-refractivity contribution in [1.29, 1.82) is 0 Å². The number of Topliss-reactive ketones (excluding diaryl/α,β-unsaturated/α-hetero) is 3. The lowest BCUT2D eigenvalue weighted by Crippen LogP contribution is -2.31. The van der Waals surface area contributed by atoms with Crippen molar-refractivity contribution in [3.05, 3.63) is 23.3 Å². The lowest BCUT2D eigenvalue weighted by Gasteiger charge is -2.23. The van der Waals surface area contributed by atoms with Gasteiger partial charge in [-0.3, -0.25) is 14.4 Å². The number of rotatable bonds is 0. The molecule has 0 radical (unpaired) electrons. The molecular formula is C11H10O3. The summed E-state index contributed by atoms with van der Waals surface area (Å²) in [6.45, 7) is 1.87. The van der Waals surface area contributed by atoms with Crippen LogP contribution in [0.5, 0.6) is 0 Å². The lowest BCUT2D eigenvalue weighted by atomic mass is 9.78. The van der Waals surface area contributed by atoms with Gasteiger partial charge in [0.05, 0.1) is 6.42 Å². The minimum atomic E-state index is -0.559. The summed E-state index contributed by atoms with van der Waals surface area (Å²) in [5.74, 6) is -1.23. The summed E-state index contributed by atoms with van der Waals surface area (Å²) in [7, 11) is 0. The number of allylic oxidation sites excluding steroid dienone is 4. The maximum absolute atomic E-state index is 11.5. The molecule has 0 aromatic carbocycles. The van der Waals surface area contributed by atoms with Crippen LogP contribution in [0, 0.1) is 5.92 Å². The first-order chi connectivity index (χ1) is 6.61. The van der Waals surface area contributed by atoms with Crippen LogP contribution in [0.15, 0.2) is 23.3 Å². The zero-order chi connectivity index (χ0) is 10.3. The maximum atomic E-state index is 11.5. The first-order valence-electron chi connectivity index (χ1n) is 4.61. The van der Waals surface area contributed by atoms with Crippen molar-refractivity contribution in [3.8, 4) is 0 Å². The average Bonchev–Trinajstić information content (AvgIpc) is 2.14. The molecule has 2 aliphatic carbocycles. The Kier molecular flexibility index (Phi) is 1.95. The number of carbonyl (C=O) groups excluding carboxylic acids is 3. The summed E-state index contributed by atoms with van der Waals surface area (Å²) in [5.41, 5.74) is 0.971. The van der Waals surface area contributed by atoms with Crippen molar-refractivity contribution in [2.45, 2.75) is 19.8 Å². The fourth-order valence-corrected chi connectivity index (χ4v) is 2.00. The SMILES string of the molecule is CC1C=CCC2=C1C(=O)CC(=O)C2=O. The molecule has 0 aromatic heterocycles. The Morgan fingerprint density at radius 3 is 2.64 bits per heavy atom. The van der Waals surface area contributed by atoms with Gasteiger partial charge in [-0.1, -0.05) is 19.1 Å². The Hall–Kier alpha value is -1.51. The van der Waals surface area contributed by atoms with Crippen LogP contribution in [0.25, 0.3) is 0 Å². The van der Waals surface area contributed by atoms with Crippen LogP contribution in [-0.4, -0.2) is 17.3 Å². The van der Waals surface area contributed by atoms with Crippen molar-refractivity contribution in [1.82, 2.24) is 0 Å². The predicted octanol–water partition coefficient (Wildman–Crippen LogP) is 0.990. The van der Waals surface area contributed by atoms with Crippen LogP contribution in [0.4, 0.5) is 0 Å². The normalized spacial score (nSPS) is 26.9. The summed E-state index contributed by atoms with van der Waals surface area (Å²) in [4.78, 5) is 34.1. The molecule has 0 aliphatic heterocycles. The van der Waals surface area contributed by atoms with Gasteiger partial charge in [0.15, 0.2) is 5.78 Å². The van der Waals surface area contributed by atoms with E-state index in [1.807, 2.05) is 19.1 Å². The van der Waals surface area contributed by atoms with E-state index < -0.39 is 11.6 Å². The molecule has 0 heterocycles. The van der Waals surface area contributed by atoms with Crippen molar-refractivity contribution in [2.75, 3.05) is 0 Å². The van der Waals surface area contributed by atoms with E-state index in [9.17, 15) is 14.4 Å². The monoisotopic (exact) mass is 190 g/mol. The first kappa shape index (κ1) is 9.06. The Balaban J connectivity index is 2.53. The number of carbonyl (C=O) groups is 3. The van der Waals surface area contributed by atoms with Gasteiger partial charge in [0.2, 0.25) is 11.6 Å². The van der Waals surface area contributed by atoms with Crippen LogP contribution < -0.4 is 0 Å². The van der Waals surface area contributed by atoms with Crippen molar-refractivity contribution < 1.29 is 14.4 Å². The minimum absolute atomic E-state index is 0.0247. The van der Waals surface area contributed by atoms with Crippen LogP contribution in [0.3, 0.4) is 0 Å². The fraction of sp³-hybridized carbons (Fsp3) is 0.364. The van der Waals surface area contributed by atoms with E-state index in [1.165, 1.54) is 0 Å². The van der Waals surface area contributed by atoms with E-state index in [0.717, 1.165) is 0 Å². The van der Waals surface area contributed by atoms with E-state index in [4.69, 9.17) is 0 Å². The van der Waals surface area contributed by atoms with Crippen LogP contribution in [-0.2, 0) is 14.4 Å². The molecule has 0 N–H and O–H groups in total. The molecule has 1 unspecified atom stereocenters. The second-order valence-electron chi connectivity index (χ2n) is 3.67. The third-order valence-corrected chi connectivity index (χ3v) is 2.68. The summed E-state index contributed by atoms with van der Waals surface area (Å²) in [6.07, 6.45) is 3.93. The van der Waals surface area contributed by atoms with Gasteiger partial charge in [0, 0.05) is 17.1 Å². The highest BCUT2D eigenvalue weighted by Crippen LogP contribution is 2.30. The van der Waals surface area contributed by atoms with Gasteiger partial charge < -0.3 is 0 Å². The second-order valence-corrected chi connectivity index (χ2v) is 3.67. The van der Waals surface area contributed by atoms with Gasteiger partial charge in [-0.25, -0.2) is 0 Å². The van der Waals surface area contributed by atoms with Crippen LogP contribution >= 0.6 is 0 Å². The highest BCUT2D eigenvalue weighted by Gasteiger charge is 2.35. The maximum Gasteiger partial charge on any atom is 0.225 e. The zero-order valence-electron chi connectivity index (χ0n) is 7.87. The molecule has 2 rings (SSSR count). The molecule has 72 valence electrons. The zero-order valence-corrected chi connectivity index (χ0v) is 7.87. The largest absolute Gasteiger partial charge is 0.294 e. The van der Waals surface area contributed by atoms with E-state index in [2.05, 4.69) is 0 Å². The van der Waals surface area contributed by atoms with Crippen LogP contribution in [0.1, 0.15) is 19.8 Å². The highest BCUT2D eigenvalue weighted by atomic mass is 16.2. The number of hydrogen-bond acceptors (Lipinski definition) is 3. The van der Waals surface area contributed by atoms with Gasteiger partial charge in [-0.15, -0.1) is 0 Å². The molecule has 3 nitrogen and oxygen atoms in total. The van der Waals surface area contributed by atoms with E-state index in [1.54, 1.807) is 0 Å². The Labute approximate surface area is 81.5 Å². The molecule has 14 heavy (non-hydrogen) atoms. The van der Waals surface area contributed by atoms with E-state index >= 15 is 0 Å². The summed E-state index contributed by atoms with van der Waals surface area (Å²) in [6, 6.07) is 0. The number of hydrogen-bond donors (Lipinski definition) is 0. The topological polar surface area (TPSA) is 51.2 Å². The Morgan fingerprint density at radius 1 is 1.21 bits per heavy atom. The summed E-state index contributed by atoms with van der Waals surface area (Å²) >= 11 is 0. The third-order valence-electron chi connectivity index (χ3n) is 2.68. The van der Waals surface area contributed by atoms with Gasteiger partial charge in [0.25, 0.3) is 0 Å². The Morgan fingerprint density at radius 2 is 1.93 bits per heavy atom. The van der Waals surface area contributed by atoms with Crippen LogP contribution in [0.2, 0.25) is 0 Å². The summed E-state index contributed by atoms with van der Waals surface area (Å²) < 4.78 is 0. The molecule has 0 amide bonds. The second kappa shape index (κ2) is 3.01. The van der Waals surface area contributed by atoms with Gasteiger partial charge in [0.1, 0.15) is 0 Å². The molecule has 3 heteroatoms. The number of ketones is 3. The van der Waals surface area contributed by atoms with Gasteiger partial charge >= 0.3 is 0 Å². The van der Waals surface area contributed by atoms with E-state index in [0.29, 0.717) is 17.6 Å². The molecular weight excluding hydrogens is 180 g/mol. The molecule has 2 aliphatic rings. The first-order valence-corrected chi connectivity index (χ1v) is 4.61. The molecule has 0 fully saturated rings. The van der Waals surface area contributed by atoms with Crippen molar-refractivity contribution >= 4 is 17.3 Å². The van der Waals surface area contributed by atoms with Crippen molar-refractivity contribution in [2.24, 2.45) is 5.92 Å². The van der Waals surface area contributed by atoms with Gasteiger partial charge in [-0.05, 0) is 6.42 Å². The predicted molar refractivity (Wildman–Crippen MR) is 49.6 cm³/mol. The van der Waals surface area contributed by atoms with Crippen molar-refractivity contribution in [3.63, 3.8) is 0 Å². The summed E-state index contributed by atoms with van der Waals surface area (Å²) in [5, 5.41) is 0. The van der Waals surface area contributed by atoms with Gasteiger partial charge in [-0.2, -0.15) is 0 Å². The molecule has 0 aromatic rings. The molecule has 0 bridgehead atoms. The quantitative estimate of drug-likeness (QED) is 0.325. The smallest absolute Gasteiger partial charge is 0.225 e. The lowest BCUT2D eigenvalue weighted by molar-refractivity contribution is -0.137. The third kappa shape index (κ3) is 1.16.